The largest absolute Gasteiger partial charge is 0.394 e. The summed E-state index contributed by atoms with van der Waals surface area (Å²) in [7, 11) is 0. The molecule has 1 amide bonds. The van der Waals surface area contributed by atoms with E-state index in [1.807, 2.05) is 32.9 Å². The van der Waals surface area contributed by atoms with Gasteiger partial charge in [0.25, 0.3) is 0 Å². The van der Waals surface area contributed by atoms with E-state index in [2.05, 4.69) is 25.2 Å². The summed E-state index contributed by atoms with van der Waals surface area (Å²) in [5.74, 6) is 0.156. The van der Waals surface area contributed by atoms with Crippen molar-refractivity contribution in [3.8, 4) is 0 Å². The van der Waals surface area contributed by atoms with Crippen LogP contribution in [-0.4, -0.2) is 46.1 Å². The highest BCUT2D eigenvalue weighted by Gasteiger charge is 2.14. The Balaban J connectivity index is 4.67. The van der Waals surface area contributed by atoms with E-state index < -0.39 is 12.2 Å². The predicted octanol–water partition coefficient (Wildman–Crippen LogP) is 3.84. The van der Waals surface area contributed by atoms with Crippen molar-refractivity contribution in [2.24, 2.45) is 11.8 Å². The van der Waals surface area contributed by atoms with Crippen LogP contribution in [0, 0.1) is 11.8 Å². The number of rotatable bonds is 12. The van der Waals surface area contributed by atoms with E-state index in [4.69, 9.17) is 5.11 Å². The summed E-state index contributed by atoms with van der Waals surface area (Å²) in [6.45, 7) is 13.4. The molecule has 0 heterocycles. The first kappa shape index (κ1) is 28.1. The maximum absolute atomic E-state index is 11.8. The highest BCUT2D eigenvalue weighted by Crippen LogP contribution is 2.17. The van der Waals surface area contributed by atoms with Crippen LogP contribution in [0.3, 0.4) is 0 Å². The summed E-state index contributed by atoms with van der Waals surface area (Å²) in [4.78, 5) is 11.8. The average Bonchev–Trinajstić information content (AvgIpc) is 2.67. The quantitative estimate of drug-likeness (QED) is 0.220. The van der Waals surface area contributed by atoms with Gasteiger partial charge in [-0.15, -0.1) is 0 Å². The topological polar surface area (TPSA) is 89.8 Å². The molecule has 0 saturated heterocycles. The molecule has 0 rings (SSSR count). The van der Waals surface area contributed by atoms with Gasteiger partial charge in [0, 0.05) is 17.5 Å². The highest BCUT2D eigenvalue weighted by atomic mass is 16.3. The average molecular weight is 420 g/mol. The first-order valence-corrected chi connectivity index (χ1v) is 10.6. The van der Waals surface area contributed by atoms with Crippen molar-refractivity contribution in [2.75, 3.05) is 6.61 Å². The van der Waals surface area contributed by atoms with Crippen molar-refractivity contribution < 1.29 is 20.1 Å². The lowest BCUT2D eigenvalue weighted by atomic mass is 9.94. The van der Waals surface area contributed by atoms with E-state index in [0.29, 0.717) is 17.9 Å². The number of aliphatic hydroxyl groups is 3. The summed E-state index contributed by atoms with van der Waals surface area (Å²) in [6, 6.07) is -0.285. The van der Waals surface area contributed by atoms with E-state index in [9.17, 15) is 15.0 Å². The van der Waals surface area contributed by atoms with E-state index in [-0.39, 0.29) is 24.5 Å². The molecule has 0 aliphatic heterocycles. The van der Waals surface area contributed by atoms with Crippen molar-refractivity contribution in [1.82, 2.24) is 5.32 Å². The Morgan fingerprint density at radius 3 is 2.23 bits per heavy atom. The lowest BCUT2D eigenvalue weighted by Crippen LogP contribution is -2.35. The molecule has 0 aromatic carbocycles. The standard InChI is InChI=1S/C25H41NO4/c1-17(2)14-20(5)24(29)21(6)15-18(3)12-13-23(28)11-9-8-10-19(4)25(30)26-22(7)16-27/h8-10,12-15,17,21-24,27-29H,11,16H2,1-7H3,(H,26,30)/t21-,22+,23?,24+/m1/s1. The molecule has 0 spiro atoms. The third-order valence-corrected chi connectivity index (χ3v) is 4.54. The zero-order valence-electron chi connectivity index (χ0n) is 19.6. The highest BCUT2D eigenvalue weighted by molar-refractivity contribution is 5.93. The Labute approximate surface area is 182 Å². The first-order chi connectivity index (χ1) is 14.0. The molecule has 30 heavy (non-hydrogen) atoms. The van der Waals surface area contributed by atoms with E-state index >= 15 is 0 Å². The van der Waals surface area contributed by atoms with Gasteiger partial charge in [0.15, 0.2) is 0 Å². The fourth-order valence-corrected chi connectivity index (χ4v) is 2.83. The fourth-order valence-electron chi connectivity index (χ4n) is 2.83. The molecule has 0 aromatic rings. The van der Waals surface area contributed by atoms with Crippen LogP contribution in [0.4, 0.5) is 0 Å². The number of nitrogens with one attached hydrogen (secondary N) is 1. The van der Waals surface area contributed by atoms with Crippen molar-refractivity contribution >= 4 is 5.91 Å². The van der Waals surface area contributed by atoms with Gasteiger partial charge in [-0.1, -0.05) is 68.9 Å². The van der Waals surface area contributed by atoms with Gasteiger partial charge in [-0.25, -0.2) is 0 Å². The minimum atomic E-state index is -0.635. The number of aliphatic hydroxyl groups excluding tert-OH is 3. The van der Waals surface area contributed by atoms with Crippen LogP contribution >= 0.6 is 0 Å². The molecule has 4 N–H and O–H groups in total. The summed E-state index contributed by atoms with van der Waals surface area (Å²) >= 11 is 0. The van der Waals surface area contributed by atoms with Crippen LogP contribution in [0.1, 0.15) is 54.9 Å². The third-order valence-electron chi connectivity index (χ3n) is 4.54. The van der Waals surface area contributed by atoms with Gasteiger partial charge >= 0.3 is 0 Å². The van der Waals surface area contributed by atoms with Gasteiger partial charge in [0.2, 0.25) is 5.91 Å². The molecule has 0 radical (unpaired) electrons. The van der Waals surface area contributed by atoms with Crippen LogP contribution in [0.25, 0.3) is 0 Å². The molecule has 0 aliphatic rings. The van der Waals surface area contributed by atoms with Crippen LogP contribution in [-0.2, 0) is 4.79 Å². The second-order valence-corrected chi connectivity index (χ2v) is 8.37. The SMILES string of the molecule is CC(C=CC(O)CC=CC=C(C)C(=O)N[C@@H](C)CO)=C[C@@H](C)[C@@H](O)C(C)=CC(C)C. The van der Waals surface area contributed by atoms with Gasteiger partial charge in [0.1, 0.15) is 0 Å². The molecule has 5 nitrogen and oxygen atoms in total. The van der Waals surface area contributed by atoms with Crippen LogP contribution in [0.15, 0.2) is 59.3 Å². The van der Waals surface area contributed by atoms with E-state index in [1.54, 1.807) is 38.2 Å². The Hall–Kier alpha value is -1.95. The van der Waals surface area contributed by atoms with Gasteiger partial charge in [0.05, 0.1) is 18.8 Å². The smallest absolute Gasteiger partial charge is 0.247 e. The van der Waals surface area contributed by atoms with Gasteiger partial charge in [-0.2, -0.15) is 0 Å². The molecular weight excluding hydrogens is 378 g/mol. The molecule has 170 valence electrons. The first-order valence-electron chi connectivity index (χ1n) is 10.6. The zero-order chi connectivity index (χ0) is 23.3. The molecule has 0 fully saturated rings. The number of amides is 1. The molecule has 1 unspecified atom stereocenters. The van der Waals surface area contributed by atoms with Crippen molar-refractivity contribution in [1.29, 1.82) is 0 Å². The van der Waals surface area contributed by atoms with Crippen molar-refractivity contribution in [3.05, 3.63) is 59.3 Å². The zero-order valence-corrected chi connectivity index (χ0v) is 19.6. The molecule has 0 aromatic heterocycles. The second-order valence-electron chi connectivity index (χ2n) is 8.37. The predicted molar refractivity (Wildman–Crippen MR) is 125 cm³/mol. The van der Waals surface area contributed by atoms with E-state index in [0.717, 1.165) is 11.1 Å². The number of carbonyl (C=O) groups is 1. The Bertz CT molecular complexity index is 671. The van der Waals surface area contributed by atoms with Crippen LogP contribution < -0.4 is 5.32 Å². The third kappa shape index (κ3) is 12.6. The van der Waals surface area contributed by atoms with E-state index in [1.165, 1.54) is 0 Å². The maximum atomic E-state index is 11.8. The molecule has 0 bridgehead atoms. The lowest BCUT2D eigenvalue weighted by molar-refractivity contribution is -0.118. The van der Waals surface area contributed by atoms with Crippen molar-refractivity contribution in [3.63, 3.8) is 0 Å². The van der Waals surface area contributed by atoms with Crippen LogP contribution in [0.2, 0.25) is 0 Å². The number of carbonyl (C=O) groups excluding carboxylic acids is 1. The fraction of sp³-hybridized carbons (Fsp3) is 0.560. The van der Waals surface area contributed by atoms with Gasteiger partial charge in [-0.05, 0) is 45.6 Å². The minimum Gasteiger partial charge on any atom is -0.394 e. The molecule has 0 aliphatic carbocycles. The summed E-state index contributed by atoms with van der Waals surface area (Å²) < 4.78 is 0. The van der Waals surface area contributed by atoms with Crippen LogP contribution in [0.5, 0.6) is 0 Å². The normalized spacial score (nSPS) is 18.2. The maximum Gasteiger partial charge on any atom is 0.247 e. The number of hydrogen-bond donors (Lipinski definition) is 4. The Morgan fingerprint density at radius 2 is 1.67 bits per heavy atom. The van der Waals surface area contributed by atoms with Crippen molar-refractivity contribution in [2.45, 2.75) is 73.1 Å². The number of hydrogen-bond acceptors (Lipinski definition) is 4. The van der Waals surface area contributed by atoms with Gasteiger partial charge < -0.3 is 20.6 Å². The monoisotopic (exact) mass is 419 g/mol. The molecule has 0 saturated carbocycles. The lowest BCUT2D eigenvalue weighted by Gasteiger charge is -2.18. The summed E-state index contributed by atoms with van der Waals surface area (Å²) in [5.41, 5.74) is 2.48. The molecular formula is C25H41NO4. The Kier molecular flexibility index (Phi) is 14.0. The Morgan fingerprint density at radius 1 is 1.03 bits per heavy atom. The minimum absolute atomic E-state index is 0.0190. The molecule has 4 atom stereocenters. The number of allylic oxidation sites excluding steroid dienone is 5. The van der Waals surface area contributed by atoms with Gasteiger partial charge in [-0.3, -0.25) is 4.79 Å². The molecule has 5 heteroatoms. The summed E-state index contributed by atoms with van der Waals surface area (Å²) in [6.07, 6.45) is 12.1. The second kappa shape index (κ2) is 14.9. The summed E-state index contributed by atoms with van der Waals surface area (Å²) in [5, 5.41) is 32.1.